The van der Waals surface area contributed by atoms with Crippen molar-refractivity contribution in [1.29, 1.82) is 5.26 Å². The van der Waals surface area contributed by atoms with Gasteiger partial charge in [0.05, 0.1) is 12.2 Å². The van der Waals surface area contributed by atoms with Crippen LogP contribution in [0.15, 0.2) is 30.5 Å². The van der Waals surface area contributed by atoms with E-state index in [1.165, 1.54) is 0 Å². The Hall–Kier alpha value is -1.79. The fourth-order valence-corrected chi connectivity index (χ4v) is 1.71. The van der Waals surface area contributed by atoms with Crippen molar-refractivity contribution in [3.63, 3.8) is 0 Å². The third kappa shape index (κ3) is 1.72. The van der Waals surface area contributed by atoms with Crippen LogP contribution >= 0.6 is 0 Å². The van der Waals surface area contributed by atoms with Gasteiger partial charge in [-0.1, -0.05) is 18.2 Å². The molecule has 1 aromatic heterocycles. The second-order valence-corrected chi connectivity index (χ2v) is 3.36. The summed E-state index contributed by atoms with van der Waals surface area (Å²) in [6.45, 7) is 1.43. The average molecular weight is 200 g/mol. The van der Waals surface area contributed by atoms with Crippen LogP contribution in [0.25, 0.3) is 10.9 Å². The van der Waals surface area contributed by atoms with E-state index >= 15 is 0 Å². The molecule has 0 atom stereocenters. The van der Waals surface area contributed by atoms with E-state index in [0.29, 0.717) is 6.61 Å². The number of ether oxygens (including phenoxy) is 1. The van der Waals surface area contributed by atoms with Crippen LogP contribution < -0.4 is 0 Å². The maximum absolute atomic E-state index is 8.98. The summed E-state index contributed by atoms with van der Waals surface area (Å²) < 4.78 is 7.09. The van der Waals surface area contributed by atoms with Gasteiger partial charge in [0, 0.05) is 30.8 Å². The summed E-state index contributed by atoms with van der Waals surface area (Å²) in [6.07, 6.45) is 1.88. The van der Waals surface area contributed by atoms with E-state index in [0.717, 1.165) is 23.0 Å². The predicted molar refractivity (Wildman–Crippen MR) is 58.5 cm³/mol. The molecule has 0 unspecified atom stereocenters. The first-order valence-corrected chi connectivity index (χ1v) is 4.83. The lowest BCUT2D eigenvalue weighted by Crippen LogP contribution is -2.02. The lowest BCUT2D eigenvalue weighted by atomic mass is 10.2. The summed E-state index contributed by atoms with van der Waals surface area (Å²) in [5.74, 6) is 0. The molecule has 0 saturated heterocycles. The Balaban J connectivity index is 2.51. The lowest BCUT2D eigenvalue weighted by Gasteiger charge is -2.03. The maximum atomic E-state index is 8.98. The van der Waals surface area contributed by atoms with E-state index in [4.69, 9.17) is 10.00 Å². The van der Waals surface area contributed by atoms with E-state index in [9.17, 15) is 0 Å². The van der Waals surface area contributed by atoms with E-state index in [1.54, 1.807) is 7.11 Å². The second-order valence-electron chi connectivity index (χ2n) is 3.36. The number of benzene rings is 1. The summed E-state index contributed by atoms with van der Waals surface area (Å²) in [7, 11) is 1.68. The molecule has 0 aliphatic heterocycles. The topological polar surface area (TPSA) is 38.0 Å². The number of hydrogen-bond acceptors (Lipinski definition) is 2. The Morgan fingerprint density at radius 2 is 2.20 bits per heavy atom. The molecule has 3 nitrogen and oxygen atoms in total. The van der Waals surface area contributed by atoms with Crippen molar-refractivity contribution in [2.75, 3.05) is 13.7 Å². The first kappa shape index (κ1) is 9.75. The Morgan fingerprint density at radius 1 is 1.40 bits per heavy atom. The number of fused-ring (bicyclic) bond motifs is 1. The largest absolute Gasteiger partial charge is 0.383 e. The van der Waals surface area contributed by atoms with Gasteiger partial charge >= 0.3 is 0 Å². The van der Waals surface area contributed by atoms with E-state index in [1.807, 2.05) is 30.5 Å². The first-order chi connectivity index (χ1) is 7.36. The van der Waals surface area contributed by atoms with Crippen LogP contribution in [0.5, 0.6) is 0 Å². The minimum absolute atomic E-state index is 0.656. The summed E-state index contributed by atoms with van der Waals surface area (Å²) in [6, 6.07) is 10.1. The van der Waals surface area contributed by atoms with E-state index in [2.05, 4.69) is 10.6 Å². The number of rotatable bonds is 3. The van der Waals surface area contributed by atoms with Crippen molar-refractivity contribution in [2.24, 2.45) is 0 Å². The van der Waals surface area contributed by atoms with Gasteiger partial charge in [0.2, 0.25) is 0 Å². The number of hydrogen-bond donors (Lipinski definition) is 0. The number of nitriles is 1. The van der Waals surface area contributed by atoms with Crippen molar-refractivity contribution >= 4 is 10.9 Å². The third-order valence-corrected chi connectivity index (χ3v) is 2.45. The monoisotopic (exact) mass is 200 g/mol. The van der Waals surface area contributed by atoms with Crippen LogP contribution in [-0.4, -0.2) is 18.3 Å². The molecule has 0 N–H and O–H groups in total. The van der Waals surface area contributed by atoms with Gasteiger partial charge < -0.3 is 9.30 Å². The highest BCUT2D eigenvalue weighted by Gasteiger charge is 2.06. The summed E-state index contributed by atoms with van der Waals surface area (Å²) >= 11 is 0. The molecule has 0 radical (unpaired) electrons. The molecular formula is C12H12N2O. The van der Waals surface area contributed by atoms with E-state index in [-0.39, 0.29) is 0 Å². The molecule has 0 fully saturated rings. The molecule has 2 aromatic rings. The van der Waals surface area contributed by atoms with Gasteiger partial charge in [0.25, 0.3) is 0 Å². The van der Waals surface area contributed by atoms with Gasteiger partial charge in [-0.3, -0.25) is 0 Å². The highest BCUT2D eigenvalue weighted by atomic mass is 16.5. The van der Waals surface area contributed by atoms with Crippen molar-refractivity contribution in [3.05, 3.63) is 36.0 Å². The predicted octanol–water partition coefficient (Wildman–Crippen LogP) is 2.16. The zero-order chi connectivity index (χ0) is 10.7. The highest BCUT2D eigenvalue weighted by molar-refractivity contribution is 5.86. The van der Waals surface area contributed by atoms with Gasteiger partial charge in [-0.25, -0.2) is 0 Å². The van der Waals surface area contributed by atoms with Gasteiger partial charge in [-0.2, -0.15) is 5.26 Å². The molecule has 0 bridgehead atoms. The van der Waals surface area contributed by atoms with Crippen molar-refractivity contribution in [3.8, 4) is 6.07 Å². The molecular weight excluding hydrogens is 188 g/mol. The van der Waals surface area contributed by atoms with Crippen molar-refractivity contribution in [2.45, 2.75) is 6.54 Å². The van der Waals surface area contributed by atoms with Crippen LogP contribution in [0.4, 0.5) is 0 Å². The molecule has 1 heterocycles. The molecule has 0 saturated carbocycles. The zero-order valence-electron chi connectivity index (χ0n) is 8.60. The molecule has 76 valence electrons. The van der Waals surface area contributed by atoms with Gasteiger partial charge in [-0.05, 0) is 6.07 Å². The first-order valence-electron chi connectivity index (χ1n) is 4.83. The fourth-order valence-electron chi connectivity index (χ4n) is 1.71. The number of methoxy groups -OCH3 is 1. The number of para-hydroxylation sites is 1. The van der Waals surface area contributed by atoms with Crippen LogP contribution in [0.3, 0.4) is 0 Å². The lowest BCUT2D eigenvalue weighted by molar-refractivity contribution is 0.188. The average Bonchev–Trinajstić information content (AvgIpc) is 2.65. The van der Waals surface area contributed by atoms with Crippen molar-refractivity contribution < 1.29 is 4.74 Å². The smallest absolute Gasteiger partial charge is 0.101 e. The van der Waals surface area contributed by atoms with Gasteiger partial charge in [0.1, 0.15) is 6.07 Å². The van der Waals surface area contributed by atoms with E-state index < -0.39 is 0 Å². The summed E-state index contributed by atoms with van der Waals surface area (Å²) in [5.41, 5.74) is 1.81. The SMILES string of the molecule is COCCn1cc(C#N)c2ccccc21. The highest BCUT2D eigenvalue weighted by Crippen LogP contribution is 2.20. The van der Waals surface area contributed by atoms with Gasteiger partial charge in [0.15, 0.2) is 0 Å². The summed E-state index contributed by atoms with van der Waals surface area (Å²) in [4.78, 5) is 0. The second kappa shape index (κ2) is 4.16. The Morgan fingerprint density at radius 3 is 2.93 bits per heavy atom. The molecule has 0 aliphatic carbocycles. The van der Waals surface area contributed by atoms with Gasteiger partial charge in [-0.15, -0.1) is 0 Å². The molecule has 0 spiro atoms. The molecule has 0 aliphatic rings. The summed E-state index contributed by atoms with van der Waals surface area (Å²) in [5, 5.41) is 9.99. The molecule has 3 heteroatoms. The van der Waals surface area contributed by atoms with Crippen molar-refractivity contribution in [1.82, 2.24) is 4.57 Å². The zero-order valence-corrected chi connectivity index (χ0v) is 8.60. The quantitative estimate of drug-likeness (QED) is 0.761. The maximum Gasteiger partial charge on any atom is 0.101 e. The third-order valence-electron chi connectivity index (χ3n) is 2.45. The Kier molecular flexibility index (Phi) is 2.70. The Labute approximate surface area is 88.5 Å². The van der Waals surface area contributed by atoms with Crippen LogP contribution in [0, 0.1) is 11.3 Å². The number of nitrogens with zero attached hydrogens (tertiary/aromatic N) is 2. The fraction of sp³-hybridized carbons (Fsp3) is 0.250. The minimum Gasteiger partial charge on any atom is -0.383 e. The molecule has 15 heavy (non-hydrogen) atoms. The molecule has 0 amide bonds. The Bertz CT molecular complexity index is 508. The molecule has 2 rings (SSSR count). The van der Waals surface area contributed by atoms with Crippen LogP contribution in [-0.2, 0) is 11.3 Å². The number of aromatic nitrogens is 1. The minimum atomic E-state index is 0.656. The normalized spacial score (nSPS) is 10.4. The van der Waals surface area contributed by atoms with Crippen LogP contribution in [0.1, 0.15) is 5.56 Å². The standard InChI is InChI=1S/C12H12N2O/c1-15-7-6-14-9-10(8-13)11-4-2-3-5-12(11)14/h2-5,9H,6-7H2,1H3. The van der Waals surface area contributed by atoms with Crippen LogP contribution in [0.2, 0.25) is 0 Å². The molecule has 1 aromatic carbocycles.